The second kappa shape index (κ2) is 7.83. The van der Waals surface area contributed by atoms with E-state index in [0.717, 1.165) is 0 Å². The summed E-state index contributed by atoms with van der Waals surface area (Å²) < 4.78 is 4.53. The molecule has 0 nitrogen and oxygen atoms in total. The molecular weight excluding hydrogens is 328 g/mol. The van der Waals surface area contributed by atoms with Gasteiger partial charge in [0.2, 0.25) is 0 Å². The van der Waals surface area contributed by atoms with Crippen LogP contribution in [-0.2, 0) is 0 Å². The summed E-state index contributed by atoms with van der Waals surface area (Å²) in [4.78, 5) is 4.43. The Bertz CT molecular complexity index is 429. The van der Waals surface area contributed by atoms with Gasteiger partial charge >= 0.3 is 0 Å². The first-order valence-corrected chi connectivity index (χ1v) is 10.8. The third-order valence-corrected chi connectivity index (χ3v) is 10.2. The Morgan fingerprint density at radius 3 is 2.00 bits per heavy atom. The number of thioether (sulfide) groups is 5. The molecule has 19 heavy (non-hydrogen) atoms. The van der Waals surface area contributed by atoms with Gasteiger partial charge in [-0.15, -0.1) is 11.8 Å². The Labute approximate surface area is 138 Å². The van der Waals surface area contributed by atoms with E-state index in [4.69, 9.17) is 0 Å². The number of unbranched alkanes of at least 4 members (excludes halogenated alkanes) is 2. The Hall–Kier alpha value is 0.970. The molecule has 0 amide bonds. The van der Waals surface area contributed by atoms with E-state index in [0.29, 0.717) is 0 Å². The van der Waals surface area contributed by atoms with Gasteiger partial charge in [-0.05, 0) is 42.8 Å². The Morgan fingerprint density at radius 1 is 0.789 bits per heavy atom. The number of hydrogen-bond acceptors (Lipinski definition) is 5. The van der Waals surface area contributed by atoms with Crippen LogP contribution in [0.5, 0.6) is 0 Å². The van der Waals surface area contributed by atoms with E-state index in [1.54, 1.807) is 0 Å². The van der Waals surface area contributed by atoms with Crippen LogP contribution in [0.3, 0.4) is 0 Å². The van der Waals surface area contributed by atoms with Gasteiger partial charge in [-0.2, -0.15) is 0 Å². The molecule has 0 aromatic rings. The molecule has 0 aromatic carbocycles. The van der Waals surface area contributed by atoms with Crippen molar-refractivity contribution in [3.8, 4) is 0 Å². The first-order valence-electron chi connectivity index (χ1n) is 6.58. The van der Waals surface area contributed by atoms with Gasteiger partial charge in [-0.3, -0.25) is 0 Å². The Balaban J connectivity index is 1.89. The lowest BCUT2D eigenvalue weighted by atomic mass is 10.3. The lowest BCUT2D eigenvalue weighted by Gasteiger charge is -2.03. The van der Waals surface area contributed by atoms with Crippen LogP contribution in [0.4, 0.5) is 0 Å². The molecule has 2 aliphatic heterocycles. The highest BCUT2D eigenvalue weighted by Gasteiger charge is 2.25. The summed E-state index contributed by atoms with van der Waals surface area (Å²) in [6.45, 7) is 8.99. The van der Waals surface area contributed by atoms with Gasteiger partial charge in [0.05, 0.1) is 12.7 Å². The lowest BCUT2D eigenvalue weighted by molar-refractivity contribution is 0.779. The molecular formula is C14H20S5. The fraction of sp³-hybridized carbons (Fsp3) is 0.571. The van der Waals surface area contributed by atoms with Gasteiger partial charge in [0.25, 0.3) is 0 Å². The molecule has 0 spiro atoms. The van der Waals surface area contributed by atoms with Crippen molar-refractivity contribution in [1.29, 1.82) is 0 Å². The monoisotopic (exact) mass is 348 g/mol. The Kier molecular flexibility index (Phi) is 6.74. The molecule has 0 saturated heterocycles. The predicted molar refractivity (Wildman–Crippen MR) is 100 cm³/mol. The molecule has 0 fully saturated rings. The summed E-state index contributed by atoms with van der Waals surface area (Å²) >= 11 is 9.92. The highest BCUT2D eigenvalue weighted by atomic mass is 32.2. The zero-order valence-corrected chi connectivity index (χ0v) is 16.0. The number of rotatable bonds is 5. The minimum Gasteiger partial charge on any atom is -0.118 e. The normalized spacial score (nSPS) is 20.2. The van der Waals surface area contributed by atoms with Crippen molar-refractivity contribution in [2.45, 2.75) is 47.0 Å². The molecule has 2 aliphatic rings. The quantitative estimate of drug-likeness (QED) is 0.472. The molecule has 2 rings (SSSR count). The second-order valence-corrected chi connectivity index (χ2v) is 11.1. The molecule has 0 radical (unpaired) electrons. The molecule has 0 bridgehead atoms. The zero-order chi connectivity index (χ0) is 13.8. The zero-order valence-electron chi connectivity index (χ0n) is 11.9. The van der Waals surface area contributed by atoms with Crippen LogP contribution in [-0.4, -0.2) is 5.75 Å². The molecule has 106 valence electrons. The smallest absolute Gasteiger partial charge is 0.0708 e. The molecule has 0 aliphatic carbocycles. The van der Waals surface area contributed by atoms with E-state index < -0.39 is 0 Å². The minimum atomic E-state index is 1.27. The maximum Gasteiger partial charge on any atom is 0.0708 e. The average Bonchev–Trinajstić information content (AvgIpc) is 2.90. The topological polar surface area (TPSA) is 0 Å². The van der Waals surface area contributed by atoms with Gasteiger partial charge in [-0.25, -0.2) is 0 Å². The lowest BCUT2D eigenvalue weighted by Crippen LogP contribution is -1.79. The molecule has 2 heterocycles. The largest absolute Gasteiger partial charge is 0.118 e. The standard InChI is InChI=1S/C14H20S5/c1-5-6-7-8-15-12-11(4)18-14(19-12)13-16-9(2)10(3)17-13/h5-8H2,1-4H3. The SMILES string of the molecule is CCCCCSC1=C(C)SC(=C2SC(C)=C(C)S2)S1. The first kappa shape index (κ1) is 16.3. The summed E-state index contributed by atoms with van der Waals surface area (Å²) in [5.74, 6) is 1.27. The van der Waals surface area contributed by atoms with E-state index in [1.165, 1.54) is 52.4 Å². The van der Waals surface area contributed by atoms with Crippen molar-refractivity contribution in [2.24, 2.45) is 0 Å². The van der Waals surface area contributed by atoms with Crippen molar-refractivity contribution in [3.63, 3.8) is 0 Å². The third-order valence-electron chi connectivity index (χ3n) is 2.85. The predicted octanol–water partition coefficient (Wildman–Crippen LogP) is 7.44. The van der Waals surface area contributed by atoms with Crippen molar-refractivity contribution in [2.75, 3.05) is 5.75 Å². The van der Waals surface area contributed by atoms with Crippen molar-refractivity contribution in [1.82, 2.24) is 0 Å². The van der Waals surface area contributed by atoms with Gasteiger partial charge in [0.15, 0.2) is 0 Å². The summed E-state index contributed by atoms with van der Waals surface area (Å²) in [7, 11) is 0. The fourth-order valence-electron chi connectivity index (χ4n) is 1.61. The number of allylic oxidation sites excluding steroid dienone is 3. The van der Waals surface area contributed by atoms with Crippen molar-refractivity contribution >= 4 is 58.8 Å². The number of hydrogen-bond donors (Lipinski definition) is 0. The van der Waals surface area contributed by atoms with Gasteiger partial charge in [0, 0.05) is 4.91 Å². The van der Waals surface area contributed by atoms with Gasteiger partial charge in [0.1, 0.15) is 0 Å². The molecule has 0 aromatic heterocycles. The van der Waals surface area contributed by atoms with Gasteiger partial charge < -0.3 is 0 Å². The summed E-state index contributed by atoms with van der Waals surface area (Å²) in [5, 5.41) is 0. The molecule has 0 unspecified atom stereocenters. The minimum absolute atomic E-state index is 1.27. The van der Waals surface area contributed by atoms with Crippen LogP contribution >= 0.6 is 58.8 Å². The maximum absolute atomic E-state index is 2.27. The third kappa shape index (κ3) is 4.47. The van der Waals surface area contributed by atoms with Crippen molar-refractivity contribution < 1.29 is 0 Å². The van der Waals surface area contributed by atoms with Crippen LogP contribution < -0.4 is 0 Å². The molecule has 0 N–H and O–H groups in total. The average molecular weight is 349 g/mol. The van der Waals surface area contributed by atoms with Crippen LogP contribution in [0, 0.1) is 0 Å². The first-order chi connectivity index (χ1) is 9.11. The summed E-state index contributed by atoms with van der Waals surface area (Å²) in [5.41, 5.74) is 0. The van der Waals surface area contributed by atoms with E-state index in [9.17, 15) is 0 Å². The van der Waals surface area contributed by atoms with E-state index >= 15 is 0 Å². The molecule has 5 heteroatoms. The maximum atomic E-state index is 2.27. The van der Waals surface area contributed by atoms with E-state index in [-0.39, 0.29) is 0 Å². The van der Waals surface area contributed by atoms with E-state index in [1.807, 2.05) is 47.0 Å². The second-order valence-electron chi connectivity index (χ2n) is 4.49. The van der Waals surface area contributed by atoms with Crippen LogP contribution in [0.2, 0.25) is 0 Å². The van der Waals surface area contributed by atoms with Gasteiger partial charge in [-0.1, -0.05) is 66.8 Å². The highest BCUT2D eigenvalue weighted by Crippen LogP contribution is 2.61. The summed E-state index contributed by atoms with van der Waals surface area (Å²) in [6.07, 6.45) is 4.02. The highest BCUT2D eigenvalue weighted by molar-refractivity contribution is 8.38. The molecule has 0 saturated carbocycles. The van der Waals surface area contributed by atoms with Crippen LogP contribution in [0.1, 0.15) is 47.0 Å². The van der Waals surface area contributed by atoms with E-state index in [2.05, 4.69) is 39.5 Å². The van der Waals surface area contributed by atoms with Crippen LogP contribution in [0.15, 0.2) is 27.4 Å². The fourth-order valence-corrected chi connectivity index (χ4v) is 8.61. The Morgan fingerprint density at radius 2 is 1.37 bits per heavy atom. The summed E-state index contributed by atoms with van der Waals surface area (Å²) in [6, 6.07) is 0. The van der Waals surface area contributed by atoms with Crippen molar-refractivity contribution in [3.05, 3.63) is 27.4 Å². The van der Waals surface area contributed by atoms with Crippen LogP contribution in [0.25, 0.3) is 0 Å². The molecule has 0 atom stereocenters.